The van der Waals surface area contributed by atoms with Gasteiger partial charge in [-0.15, -0.1) is 0 Å². The van der Waals surface area contributed by atoms with Crippen molar-refractivity contribution in [2.45, 2.75) is 19.3 Å². The number of nitrogens with one attached hydrogen (secondary N) is 1. The number of thiazole rings is 1. The van der Waals surface area contributed by atoms with Gasteiger partial charge in [0.1, 0.15) is 11.3 Å². The van der Waals surface area contributed by atoms with Crippen molar-refractivity contribution < 1.29 is 14.3 Å². The predicted molar refractivity (Wildman–Crippen MR) is 113 cm³/mol. The molecule has 0 unspecified atom stereocenters. The van der Waals surface area contributed by atoms with Crippen LogP contribution in [0, 0.1) is 11.3 Å². The molecule has 0 spiro atoms. The lowest BCUT2D eigenvalue weighted by atomic mass is 10.2. The van der Waals surface area contributed by atoms with Crippen molar-refractivity contribution in [3.8, 4) is 11.8 Å². The molecule has 2 aromatic carbocycles. The van der Waals surface area contributed by atoms with Crippen molar-refractivity contribution in [3.63, 3.8) is 0 Å². The van der Waals surface area contributed by atoms with E-state index in [9.17, 15) is 9.59 Å². The van der Waals surface area contributed by atoms with Crippen LogP contribution in [0.4, 0.5) is 10.8 Å². The summed E-state index contributed by atoms with van der Waals surface area (Å²) < 4.78 is 6.19. The Morgan fingerprint density at radius 3 is 2.69 bits per heavy atom. The van der Waals surface area contributed by atoms with Gasteiger partial charge in [0.25, 0.3) is 0 Å². The molecule has 0 fully saturated rings. The molecule has 0 aliphatic carbocycles. The Labute approximate surface area is 172 Å². The van der Waals surface area contributed by atoms with Gasteiger partial charge in [0.05, 0.1) is 24.3 Å². The second kappa shape index (κ2) is 9.66. The van der Waals surface area contributed by atoms with Crippen LogP contribution in [0.3, 0.4) is 0 Å². The number of hydrogen-bond acceptors (Lipinski definition) is 6. The lowest BCUT2D eigenvalue weighted by molar-refractivity contribution is -0.122. The average Bonchev–Trinajstić information content (AvgIpc) is 3.15. The summed E-state index contributed by atoms with van der Waals surface area (Å²) in [7, 11) is 1.57. The van der Waals surface area contributed by atoms with Crippen molar-refractivity contribution in [1.29, 1.82) is 5.26 Å². The molecule has 29 heavy (non-hydrogen) atoms. The molecule has 8 heteroatoms. The van der Waals surface area contributed by atoms with Crippen LogP contribution in [0.15, 0.2) is 48.5 Å². The highest BCUT2D eigenvalue weighted by molar-refractivity contribution is 7.22. The van der Waals surface area contributed by atoms with Crippen LogP contribution in [-0.2, 0) is 9.59 Å². The van der Waals surface area contributed by atoms with Crippen molar-refractivity contribution in [2.75, 3.05) is 23.9 Å². The molecule has 1 heterocycles. The number of nitriles is 1. The van der Waals surface area contributed by atoms with Gasteiger partial charge in [-0.25, -0.2) is 4.98 Å². The summed E-state index contributed by atoms with van der Waals surface area (Å²) in [6.45, 7) is 0.290. The largest absolute Gasteiger partial charge is 0.494 e. The number of aromatic nitrogens is 1. The Morgan fingerprint density at radius 2 is 1.97 bits per heavy atom. The number of rotatable bonds is 8. The summed E-state index contributed by atoms with van der Waals surface area (Å²) in [6, 6.07) is 16.8. The van der Waals surface area contributed by atoms with Crippen LogP contribution in [0.5, 0.6) is 5.75 Å². The van der Waals surface area contributed by atoms with Crippen LogP contribution in [0.25, 0.3) is 10.2 Å². The highest BCUT2D eigenvalue weighted by Gasteiger charge is 2.17. The molecule has 1 N–H and O–H groups in total. The predicted octanol–water partition coefficient (Wildman–Crippen LogP) is 3.97. The molecule has 1 aromatic heterocycles. The molecule has 3 aromatic rings. The zero-order chi connectivity index (χ0) is 20.6. The van der Waals surface area contributed by atoms with Gasteiger partial charge < -0.3 is 15.0 Å². The normalized spacial score (nSPS) is 10.3. The van der Waals surface area contributed by atoms with E-state index in [2.05, 4.69) is 16.4 Å². The first-order valence-corrected chi connectivity index (χ1v) is 9.89. The van der Waals surface area contributed by atoms with Crippen molar-refractivity contribution in [1.82, 2.24) is 4.98 Å². The Hall–Kier alpha value is -3.44. The van der Waals surface area contributed by atoms with Crippen LogP contribution in [0.1, 0.15) is 19.3 Å². The summed E-state index contributed by atoms with van der Waals surface area (Å²) in [6.07, 6.45) is 0.294. The topological polar surface area (TPSA) is 95.3 Å². The van der Waals surface area contributed by atoms with Gasteiger partial charge in [0.15, 0.2) is 5.13 Å². The fraction of sp³-hybridized carbons (Fsp3) is 0.238. The molecular formula is C21H20N4O3S. The minimum absolute atomic E-state index is 0.0295. The third-order valence-electron chi connectivity index (χ3n) is 4.23. The maximum Gasteiger partial charge on any atom is 0.227 e. The zero-order valence-corrected chi connectivity index (χ0v) is 16.7. The maximum atomic E-state index is 12.6. The molecule has 0 radical (unpaired) electrons. The number of carbonyl (C=O) groups excluding carboxylic acids is 2. The fourth-order valence-electron chi connectivity index (χ4n) is 2.85. The van der Waals surface area contributed by atoms with Gasteiger partial charge in [-0.3, -0.25) is 9.59 Å². The summed E-state index contributed by atoms with van der Waals surface area (Å²) in [4.78, 5) is 30.9. The summed E-state index contributed by atoms with van der Waals surface area (Å²) in [5.41, 5.74) is 1.41. The van der Waals surface area contributed by atoms with E-state index in [0.717, 1.165) is 4.70 Å². The Balaban J connectivity index is 1.62. The summed E-state index contributed by atoms with van der Waals surface area (Å²) in [5, 5.41) is 12.1. The third-order valence-corrected chi connectivity index (χ3v) is 5.17. The summed E-state index contributed by atoms with van der Waals surface area (Å²) >= 11 is 1.35. The molecule has 0 aliphatic heterocycles. The first-order chi connectivity index (χ1) is 14.1. The van der Waals surface area contributed by atoms with E-state index < -0.39 is 0 Å². The number of benzene rings is 2. The molecule has 7 nitrogen and oxygen atoms in total. The molecular weight excluding hydrogens is 388 g/mol. The average molecular weight is 408 g/mol. The number of amides is 2. The van der Waals surface area contributed by atoms with E-state index in [1.807, 2.05) is 48.5 Å². The van der Waals surface area contributed by atoms with E-state index in [1.54, 1.807) is 12.0 Å². The number of fused-ring (bicyclic) bond motifs is 1. The van der Waals surface area contributed by atoms with E-state index >= 15 is 0 Å². The molecule has 0 atom stereocenters. The second-order valence-corrected chi connectivity index (χ2v) is 7.19. The molecule has 0 bridgehead atoms. The lowest BCUT2D eigenvalue weighted by Gasteiger charge is -2.21. The van der Waals surface area contributed by atoms with E-state index in [1.165, 1.54) is 11.3 Å². The van der Waals surface area contributed by atoms with Crippen LogP contribution < -0.4 is 15.0 Å². The monoisotopic (exact) mass is 408 g/mol. The van der Waals surface area contributed by atoms with Crippen LogP contribution in [0.2, 0.25) is 0 Å². The van der Waals surface area contributed by atoms with Gasteiger partial charge in [-0.2, -0.15) is 5.26 Å². The Bertz CT molecular complexity index is 1040. The number of nitrogens with zero attached hydrogens (tertiary/aromatic N) is 3. The summed E-state index contributed by atoms with van der Waals surface area (Å²) in [5.74, 6) is 0.155. The van der Waals surface area contributed by atoms with Gasteiger partial charge in [-0.1, -0.05) is 35.6 Å². The number of anilines is 2. The van der Waals surface area contributed by atoms with E-state index in [4.69, 9.17) is 10.00 Å². The van der Waals surface area contributed by atoms with Gasteiger partial charge in [0, 0.05) is 25.1 Å². The number of para-hydroxylation sites is 2. The smallest absolute Gasteiger partial charge is 0.227 e. The molecule has 0 saturated carbocycles. The first-order valence-electron chi connectivity index (χ1n) is 9.08. The zero-order valence-electron chi connectivity index (χ0n) is 15.9. The van der Waals surface area contributed by atoms with Crippen LogP contribution in [-0.4, -0.2) is 30.5 Å². The van der Waals surface area contributed by atoms with Gasteiger partial charge >= 0.3 is 0 Å². The molecule has 3 rings (SSSR count). The quantitative estimate of drug-likeness (QED) is 0.608. The Kier molecular flexibility index (Phi) is 6.76. The standard InChI is InChI=1S/C21H20N4O3S/c1-28-16-9-5-10-17-20(16)24-21(29-17)23-18(26)11-12-19(27)25(14-6-13-22)15-7-3-2-4-8-15/h2-5,7-10H,6,11-12,14H2,1H3,(H,23,24,26). The highest BCUT2D eigenvalue weighted by Crippen LogP contribution is 2.32. The molecule has 0 saturated heterocycles. The SMILES string of the molecule is COc1cccc2sc(NC(=O)CCC(=O)N(CCC#N)c3ccccc3)nc12. The number of carbonyl (C=O) groups is 2. The molecule has 2 amide bonds. The fourth-order valence-corrected chi connectivity index (χ4v) is 3.75. The number of ether oxygens (including phenoxy) is 1. The van der Waals surface area contributed by atoms with Gasteiger partial charge in [-0.05, 0) is 24.3 Å². The first kappa shape index (κ1) is 20.3. The van der Waals surface area contributed by atoms with Gasteiger partial charge in [0.2, 0.25) is 11.8 Å². The maximum absolute atomic E-state index is 12.6. The minimum Gasteiger partial charge on any atom is -0.494 e. The molecule has 148 valence electrons. The number of methoxy groups -OCH3 is 1. The lowest BCUT2D eigenvalue weighted by Crippen LogP contribution is -2.32. The minimum atomic E-state index is -0.287. The molecule has 0 aliphatic rings. The van der Waals surface area contributed by atoms with Crippen molar-refractivity contribution in [2.24, 2.45) is 0 Å². The van der Waals surface area contributed by atoms with Crippen molar-refractivity contribution >= 4 is 44.2 Å². The number of hydrogen-bond donors (Lipinski definition) is 1. The Morgan fingerprint density at radius 1 is 1.17 bits per heavy atom. The van der Waals surface area contributed by atoms with Crippen molar-refractivity contribution in [3.05, 3.63) is 48.5 Å². The van der Waals surface area contributed by atoms with E-state index in [0.29, 0.717) is 28.6 Å². The highest BCUT2D eigenvalue weighted by atomic mass is 32.1. The third kappa shape index (κ3) is 5.09. The second-order valence-electron chi connectivity index (χ2n) is 6.16. The van der Waals surface area contributed by atoms with Crippen LogP contribution >= 0.6 is 11.3 Å². The van der Waals surface area contributed by atoms with E-state index in [-0.39, 0.29) is 31.1 Å².